The SMILES string of the molecule is OC[C@H]1OC(c2cc(O)ccc2O)[C@H](O)[C@@H]1O. The molecule has 17 heavy (non-hydrogen) atoms. The molecular weight excluding hydrogens is 228 g/mol. The van der Waals surface area contributed by atoms with Crippen LogP contribution in [-0.4, -0.2) is 50.5 Å². The Hall–Kier alpha value is -1.34. The van der Waals surface area contributed by atoms with Gasteiger partial charge in [-0.15, -0.1) is 0 Å². The molecule has 1 aromatic rings. The van der Waals surface area contributed by atoms with Crippen LogP contribution < -0.4 is 0 Å². The lowest BCUT2D eigenvalue weighted by molar-refractivity contribution is -0.0233. The van der Waals surface area contributed by atoms with E-state index >= 15 is 0 Å². The van der Waals surface area contributed by atoms with Crippen LogP contribution in [0.5, 0.6) is 11.5 Å². The minimum Gasteiger partial charge on any atom is -0.508 e. The van der Waals surface area contributed by atoms with Crippen LogP contribution in [0.2, 0.25) is 0 Å². The molecule has 0 aromatic heterocycles. The van der Waals surface area contributed by atoms with Crippen molar-refractivity contribution in [2.45, 2.75) is 24.4 Å². The summed E-state index contributed by atoms with van der Waals surface area (Å²) < 4.78 is 5.24. The zero-order chi connectivity index (χ0) is 12.6. The Balaban J connectivity index is 2.31. The number of hydrogen-bond acceptors (Lipinski definition) is 6. The maximum Gasteiger partial charge on any atom is 0.121 e. The molecule has 0 aliphatic carbocycles. The molecule has 0 amide bonds. The molecule has 0 spiro atoms. The fraction of sp³-hybridized carbons (Fsp3) is 0.455. The van der Waals surface area contributed by atoms with Gasteiger partial charge in [-0.3, -0.25) is 0 Å². The lowest BCUT2D eigenvalue weighted by Crippen LogP contribution is -2.32. The zero-order valence-corrected chi connectivity index (χ0v) is 8.89. The number of aliphatic hydroxyl groups is 3. The standard InChI is InChI=1S/C11H14O6/c12-4-8-9(15)10(16)11(17-8)6-3-5(13)1-2-7(6)14/h1-3,8-16H,4H2/t8-,9-,10-,11?/m1/s1. The number of phenols is 2. The van der Waals surface area contributed by atoms with Crippen LogP contribution in [-0.2, 0) is 4.74 Å². The molecule has 6 nitrogen and oxygen atoms in total. The van der Waals surface area contributed by atoms with Crippen molar-refractivity contribution in [1.29, 1.82) is 0 Å². The molecule has 5 N–H and O–H groups in total. The molecular formula is C11H14O6. The summed E-state index contributed by atoms with van der Waals surface area (Å²) in [7, 11) is 0. The average molecular weight is 242 g/mol. The lowest BCUT2D eigenvalue weighted by Gasteiger charge is -2.16. The smallest absolute Gasteiger partial charge is 0.121 e. The average Bonchev–Trinajstić information content (AvgIpc) is 2.59. The first-order valence-electron chi connectivity index (χ1n) is 5.19. The topological polar surface area (TPSA) is 110 Å². The van der Waals surface area contributed by atoms with Gasteiger partial charge in [0.1, 0.15) is 35.9 Å². The molecule has 6 heteroatoms. The van der Waals surface area contributed by atoms with Crippen molar-refractivity contribution in [3.05, 3.63) is 23.8 Å². The first-order chi connectivity index (χ1) is 8.04. The van der Waals surface area contributed by atoms with Crippen LogP contribution in [0.15, 0.2) is 18.2 Å². The van der Waals surface area contributed by atoms with Gasteiger partial charge in [-0.05, 0) is 18.2 Å². The van der Waals surface area contributed by atoms with Gasteiger partial charge in [0.25, 0.3) is 0 Å². The fourth-order valence-electron chi connectivity index (χ4n) is 1.93. The summed E-state index contributed by atoms with van der Waals surface area (Å²) in [6, 6.07) is 3.80. The van der Waals surface area contributed by atoms with Crippen LogP contribution in [0.4, 0.5) is 0 Å². The molecule has 0 radical (unpaired) electrons. The summed E-state index contributed by atoms with van der Waals surface area (Å²) in [5.74, 6) is -0.242. The van der Waals surface area contributed by atoms with E-state index in [9.17, 15) is 20.4 Å². The molecule has 1 aliphatic rings. The van der Waals surface area contributed by atoms with Gasteiger partial charge in [0.05, 0.1) is 6.61 Å². The van der Waals surface area contributed by atoms with E-state index in [1.807, 2.05) is 0 Å². The lowest BCUT2D eigenvalue weighted by atomic mass is 10.0. The van der Waals surface area contributed by atoms with E-state index in [0.29, 0.717) is 0 Å². The summed E-state index contributed by atoms with van der Waals surface area (Å²) >= 11 is 0. The Bertz CT molecular complexity index is 407. The van der Waals surface area contributed by atoms with Crippen molar-refractivity contribution in [3.8, 4) is 11.5 Å². The van der Waals surface area contributed by atoms with Crippen LogP contribution in [0.25, 0.3) is 0 Å². The second-order valence-electron chi connectivity index (χ2n) is 4.00. The third-order valence-electron chi connectivity index (χ3n) is 2.86. The van der Waals surface area contributed by atoms with Crippen LogP contribution in [0, 0.1) is 0 Å². The highest BCUT2D eigenvalue weighted by molar-refractivity contribution is 5.41. The predicted octanol–water partition coefficient (Wildman–Crippen LogP) is -0.748. The van der Waals surface area contributed by atoms with Gasteiger partial charge >= 0.3 is 0 Å². The van der Waals surface area contributed by atoms with Gasteiger partial charge in [0.2, 0.25) is 0 Å². The Morgan fingerprint density at radius 3 is 2.41 bits per heavy atom. The zero-order valence-electron chi connectivity index (χ0n) is 8.89. The summed E-state index contributed by atoms with van der Waals surface area (Å²) in [6.07, 6.45) is -4.38. The van der Waals surface area contributed by atoms with Crippen LogP contribution >= 0.6 is 0 Å². The van der Waals surface area contributed by atoms with E-state index in [1.165, 1.54) is 18.2 Å². The second-order valence-corrected chi connectivity index (χ2v) is 4.00. The molecule has 4 atom stereocenters. The van der Waals surface area contributed by atoms with E-state index in [2.05, 4.69) is 0 Å². The highest BCUT2D eigenvalue weighted by Gasteiger charge is 2.43. The van der Waals surface area contributed by atoms with Gasteiger partial charge in [-0.25, -0.2) is 0 Å². The Labute approximate surface area is 97.3 Å². The van der Waals surface area contributed by atoms with E-state index in [-0.39, 0.29) is 17.1 Å². The molecule has 1 saturated heterocycles. The van der Waals surface area contributed by atoms with Crippen molar-refractivity contribution in [2.75, 3.05) is 6.61 Å². The van der Waals surface area contributed by atoms with Crippen molar-refractivity contribution >= 4 is 0 Å². The number of aliphatic hydroxyl groups excluding tert-OH is 3. The third kappa shape index (κ3) is 2.07. The van der Waals surface area contributed by atoms with Gasteiger partial charge in [-0.1, -0.05) is 0 Å². The summed E-state index contributed by atoms with van der Waals surface area (Å²) in [6.45, 7) is -0.436. The van der Waals surface area contributed by atoms with E-state index < -0.39 is 31.0 Å². The Kier molecular flexibility index (Phi) is 3.21. The normalized spacial score (nSPS) is 32.9. The maximum atomic E-state index is 9.75. The fourth-order valence-corrected chi connectivity index (χ4v) is 1.93. The molecule has 1 aliphatic heterocycles. The number of hydrogen-bond donors (Lipinski definition) is 5. The summed E-state index contributed by atoms with van der Waals surface area (Å²) in [4.78, 5) is 0. The molecule has 1 fully saturated rings. The van der Waals surface area contributed by atoms with Crippen molar-refractivity contribution in [1.82, 2.24) is 0 Å². The van der Waals surface area contributed by atoms with Crippen LogP contribution in [0.1, 0.15) is 11.7 Å². The number of ether oxygens (including phenoxy) is 1. The first-order valence-corrected chi connectivity index (χ1v) is 5.19. The third-order valence-corrected chi connectivity index (χ3v) is 2.86. The monoisotopic (exact) mass is 242 g/mol. The number of aromatic hydroxyl groups is 2. The second kappa shape index (κ2) is 4.50. The van der Waals surface area contributed by atoms with Crippen molar-refractivity contribution in [3.63, 3.8) is 0 Å². The van der Waals surface area contributed by atoms with Crippen molar-refractivity contribution < 1.29 is 30.3 Å². The molecule has 94 valence electrons. The maximum absolute atomic E-state index is 9.75. The van der Waals surface area contributed by atoms with Crippen molar-refractivity contribution in [2.24, 2.45) is 0 Å². The minimum atomic E-state index is -1.26. The quantitative estimate of drug-likeness (QED) is 0.436. The Morgan fingerprint density at radius 2 is 1.82 bits per heavy atom. The molecule has 1 unspecified atom stereocenters. The number of phenolic OH excluding ortho intramolecular Hbond substituents is 2. The molecule has 1 aromatic carbocycles. The van der Waals surface area contributed by atoms with Gasteiger partial charge in [0, 0.05) is 5.56 Å². The van der Waals surface area contributed by atoms with Gasteiger partial charge in [0.15, 0.2) is 0 Å². The predicted molar refractivity (Wildman–Crippen MR) is 56.5 cm³/mol. The Morgan fingerprint density at radius 1 is 1.12 bits per heavy atom. The largest absolute Gasteiger partial charge is 0.508 e. The van der Waals surface area contributed by atoms with E-state index in [0.717, 1.165) is 0 Å². The molecule has 1 heterocycles. The molecule has 0 saturated carbocycles. The summed E-state index contributed by atoms with van der Waals surface area (Å²) in [5, 5.41) is 47.2. The van der Waals surface area contributed by atoms with E-state index in [1.54, 1.807) is 0 Å². The van der Waals surface area contributed by atoms with Crippen LogP contribution in [0.3, 0.4) is 0 Å². The van der Waals surface area contributed by atoms with Gasteiger partial charge < -0.3 is 30.3 Å². The summed E-state index contributed by atoms with van der Waals surface area (Å²) in [5.41, 5.74) is 0.174. The molecule has 2 rings (SSSR count). The molecule has 0 bridgehead atoms. The highest BCUT2D eigenvalue weighted by atomic mass is 16.6. The minimum absolute atomic E-state index is 0.0875. The number of benzene rings is 1. The number of rotatable bonds is 2. The first kappa shape index (κ1) is 12.1. The van der Waals surface area contributed by atoms with E-state index in [4.69, 9.17) is 9.84 Å². The highest BCUT2D eigenvalue weighted by Crippen LogP contribution is 2.38. The van der Waals surface area contributed by atoms with Gasteiger partial charge in [-0.2, -0.15) is 0 Å².